The van der Waals surface area contributed by atoms with Crippen molar-refractivity contribution in [1.29, 1.82) is 0 Å². The molecule has 0 aliphatic carbocycles. The van der Waals surface area contributed by atoms with Gasteiger partial charge in [-0.15, -0.1) is 5.10 Å². The second-order valence-electron chi connectivity index (χ2n) is 5.12. The number of halogens is 1. The largest absolute Gasteiger partial charge is 0.343 e. The van der Waals surface area contributed by atoms with Gasteiger partial charge in [0.25, 0.3) is 0 Å². The van der Waals surface area contributed by atoms with Crippen LogP contribution in [0.4, 0.5) is 0 Å². The van der Waals surface area contributed by atoms with Gasteiger partial charge < -0.3 is 4.52 Å². The molecule has 0 amide bonds. The van der Waals surface area contributed by atoms with E-state index in [4.69, 9.17) is 16.1 Å². The Kier molecular flexibility index (Phi) is 5.37. The zero-order valence-electron chi connectivity index (χ0n) is 13.0. The van der Waals surface area contributed by atoms with Crippen molar-refractivity contribution >= 4 is 23.4 Å². The van der Waals surface area contributed by atoms with Crippen molar-refractivity contribution in [3.8, 4) is 11.4 Å². The maximum absolute atomic E-state index is 11.7. The van der Waals surface area contributed by atoms with Gasteiger partial charge >= 0.3 is 5.69 Å². The summed E-state index contributed by atoms with van der Waals surface area (Å²) in [5.74, 6) is 1.42. The molecule has 0 saturated carbocycles. The van der Waals surface area contributed by atoms with Gasteiger partial charge in [-0.05, 0) is 30.7 Å². The van der Waals surface area contributed by atoms with E-state index in [0.29, 0.717) is 34.2 Å². The summed E-state index contributed by atoms with van der Waals surface area (Å²) in [5.41, 5.74) is 0.636. The summed E-state index contributed by atoms with van der Waals surface area (Å²) in [7, 11) is 0. The highest BCUT2D eigenvalue weighted by molar-refractivity contribution is 7.98. The summed E-state index contributed by atoms with van der Waals surface area (Å²) in [5, 5.41) is 11.8. The van der Waals surface area contributed by atoms with Crippen molar-refractivity contribution in [2.75, 3.05) is 0 Å². The maximum Gasteiger partial charge on any atom is 0.343 e. The molecule has 1 aromatic carbocycles. The molecule has 2 aromatic heterocycles. The first kappa shape index (κ1) is 16.8. The van der Waals surface area contributed by atoms with Crippen LogP contribution in [0, 0.1) is 0 Å². The van der Waals surface area contributed by atoms with Crippen LogP contribution in [0.15, 0.2) is 38.7 Å². The number of aromatic amines is 1. The second-order valence-corrected chi connectivity index (χ2v) is 6.50. The van der Waals surface area contributed by atoms with Crippen molar-refractivity contribution in [3.63, 3.8) is 0 Å². The first-order chi connectivity index (χ1) is 11.7. The molecule has 0 spiro atoms. The summed E-state index contributed by atoms with van der Waals surface area (Å²) in [6, 6.07) is 7.22. The van der Waals surface area contributed by atoms with Crippen LogP contribution < -0.4 is 5.69 Å². The predicted molar refractivity (Wildman–Crippen MR) is 92.1 cm³/mol. The fourth-order valence-corrected chi connectivity index (χ4v) is 3.02. The van der Waals surface area contributed by atoms with Crippen molar-refractivity contribution in [2.45, 2.75) is 37.2 Å². The van der Waals surface area contributed by atoms with Crippen LogP contribution in [-0.2, 0) is 12.3 Å². The number of nitrogens with one attached hydrogen (secondary N) is 1. The maximum atomic E-state index is 11.7. The van der Waals surface area contributed by atoms with Crippen molar-refractivity contribution < 1.29 is 4.52 Å². The minimum Gasteiger partial charge on any atom is -0.338 e. The molecular weight excluding hydrogens is 350 g/mol. The van der Waals surface area contributed by atoms with Crippen LogP contribution in [0.3, 0.4) is 0 Å². The lowest BCUT2D eigenvalue weighted by Gasteiger charge is -2.02. The highest BCUT2D eigenvalue weighted by atomic mass is 35.5. The third kappa shape index (κ3) is 3.88. The molecular formula is C15H16ClN5O2S. The van der Waals surface area contributed by atoms with E-state index < -0.39 is 0 Å². The number of benzene rings is 1. The Labute approximate surface area is 147 Å². The average molecular weight is 366 g/mol. The third-order valence-corrected chi connectivity index (χ3v) is 4.57. The molecule has 0 bridgehead atoms. The van der Waals surface area contributed by atoms with E-state index in [1.165, 1.54) is 11.8 Å². The van der Waals surface area contributed by atoms with Gasteiger partial charge in [-0.2, -0.15) is 4.98 Å². The number of thioether (sulfide) groups is 1. The standard InChI is InChI=1S/C15H16ClN5O2S/c1-2-3-8-21-14(22)18-19-15(21)24-9-12-17-13(20-23-12)10-4-6-11(16)7-5-10/h4-7H,2-3,8-9H2,1H3,(H,18,22). The molecule has 2 heterocycles. The molecule has 0 saturated heterocycles. The molecule has 3 rings (SSSR count). The lowest BCUT2D eigenvalue weighted by Crippen LogP contribution is -2.17. The summed E-state index contributed by atoms with van der Waals surface area (Å²) in [6.07, 6.45) is 1.93. The highest BCUT2D eigenvalue weighted by Crippen LogP contribution is 2.22. The van der Waals surface area contributed by atoms with Crippen molar-refractivity contribution in [1.82, 2.24) is 24.9 Å². The quantitative estimate of drug-likeness (QED) is 0.645. The van der Waals surface area contributed by atoms with E-state index >= 15 is 0 Å². The normalized spacial score (nSPS) is 11.1. The molecule has 9 heteroatoms. The molecule has 0 aliphatic rings. The Morgan fingerprint density at radius 2 is 2.12 bits per heavy atom. The summed E-state index contributed by atoms with van der Waals surface area (Å²) in [6.45, 7) is 2.72. The summed E-state index contributed by atoms with van der Waals surface area (Å²) < 4.78 is 6.89. The molecule has 3 aromatic rings. The van der Waals surface area contributed by atoms with E-state index in [2.05, 4.69) is 27.3 Å². The first-order valence-electron chi connectivity index (χ1n) is 7.54. The number of hydrogen-bond donors (Lipinski definition) is 1. The molecule has 0 atom stereocenters. The van der Waals surface area contributed by atoms with Gasteiger partial charge in [0.15, 0.2) is 5.16 Å². The van der Waals surface area contributed by atoms with Crippen molar-refractivity contribution in [2.24, 2.45) is 0 Å². The number of unbranched alkanes of at least 4 members (excludes halogenated alkanes) is 1. The Morgan fingerprint density at radius 1 is 1.33 bits per heavy atom. The summed E-state index contributed by atoms with van der Waals surface area (Å²) >= 11 is 7.26. The molecule has 0 unspecified atom stereocenters. The van der Waals surface area contributed by atoms with E-state index in [0.717, 1.165) is 18.4 Å². The van der Waals surface area contributed by atoms with E-state index in [9.17, 15) is 4.79 Å². The number of aromatic nitrogens is 5. The van der Waals surface area contributed by atoms with E-state index in [1.807, 2.05) is 12.1 Å². The van der Waals surface area contributed by atoms with Crippen LogP contribution in [0.2, 0.25) is 5.02 Å². The van der Waals surface area contributed by atoms with E-state index in [-0.39, 0.29) is 5.69 Å². The lowest BCUT2D eigenvalue weighted by atomic mass is 10.2. The number of hydrogen-bond acceptors (Lipinski definition) is 6. The van der Waals surface area contributed by atoms with Gasteiger partial charge in [0.1, 0.15) is 0 Å². The molecule has 0 aliphatic heterocycles. The van der Waals surface area contributed by atoms with Gasteiger partial charge in [0.2, 0.25) is 11.7 Å². The van der Waals surface area contributed by atoms with Crippen LogP contribution in [0.1, 0.15) is 25.7 Å². The van der Waals surface area contributed by atoms with E-state index in [1.54, 1.807) is 16.7 Å². The Balaban J connectivity index is 1.68. The van der Waals surface area contributed by atoms with Gasteiger partial charge in [0, 0.05) is 17.1 Å². The number of rotatable bonds is 7. The van der Waals surface area contributed by atoms with Crippen molar-refractivity contribution in [3.05, 3.63) is 45.7 Å². The average Bonchev–Trinajstić information content (AvgIpc) is 3.19. The van der Waals surface area contributed by atoms with Crippen LogP contribution >= 0.6 is 23.4 Å². The topological polar surface area (TPSA) is 89.6 Å². The van der Waals surface area contributed by atoms with Gasteiger partial charge in [-0.1, -0.05) is 41.9 Å². The molecule has 0 fully saturated rings. The Hall–Kier alpha value is -2.06. The van der Waals surface area contributed by atoms with Crippen LogP contribution in [0.5, 0.6) is 0 Å². The van der Waals surface area contributed by atoms with Gasteiger partial charge in [-0.25, -0.2) is 9.89 Å². The van der Waals surface area contributed by atoms with Gasteiger partial charge in [-0.3, -0.25) is 4.57 Å². The minimum atomic E-state index is -0.196. The monoisotopic (exact) mass is 365 g/mol. The molecule has 1 N–H and O–H groups in total. The van der Waals surface area contributed by atoms with Gasteiger partial charge in [0.05, 0.1) is 5.75 Å². The SMILES string of the molecule is CCCCn1c(SCc2nc(-c3ccc(Cl)cc3)no2)n[nH]c1=O. The minimum absolute atomic E-state index is 0.196. The zero-order valence-corrected chi connectivity index (χ0v) is 14.6. The smallest absolute Gasteiger partial charge is 0.338 e. The fourth-order valence-electron chi connectivity index (χ4n) is 2.08. The number of H-pyrrole nitrogens is 1. The number of nitrogens with zero attached hydrogens (tertiary/aromatic N) is 4. The van der Waals surface area contributed by atoms with Crippen LogP contribution in [-0.4, -0.2) is 24.9 Å². The Morgan fingerprint density at radius 3 is 2.88 bits per heavy atom. The van der Waals surface area contributed by atoms with Crippen LogP contribution in [0.25, 0.3) is 11.4 Å². The highest BCUT2D eigenvalue weighted by Gasteiger charge is 2.13. The second kappa shape index (κ2) is 7.67. The summed E-state index contributed by atoms with van der Waals surface area (Å²) in [4.78, 5) is 16.1. The first-order valence-corrected chi connectivity index (χ1v) is 8.90. The third-order valence-electron chi connectivity index (χ3n) is 3.35. The Bertz CT molecular complexity index is 855. The molecule has 7 nitrogen and oxygen atoms in total. The fraction of sp³-hybridized carbons (Fsp3) is 0.333. The molecule has 126 valence electrons. The molecule has 24 heavy (non-hydrogen) atoms. The molecule has 0 radical (unpaired) electrons. The predicted octanol–water partition coefficient (Wildman–Crippen LogP) is 3.37. The lowest BCUT2D eigenvalue weighted by molar-refractivity contribution is 0.391. The zero-order chi connectivity index (χ0) is 16.9.